The predicted octanol–water partition coefficient (Wildman–Crippen LogP) is 3.59. The van der Waals surface area contributed by atoms with Crippen LogP contribution in [0.5, 0.6) is 0 Å². The quantitative estimate of drug-likeness (QED) is 0.628. The zero-order valence-electron chi connectivity index (χ0n) is 15.5. The highest BCUT2D eigenvalue weighted by Gasteiger charge is 2.23. The number of nitrogens with one attached hydrogen (secondary N) is 2. The van der Waals surface area contributed by atoms with Crippen LogP contribution in [0.3, 0.4) is 0 Å². The van der Waals surface area contributed by atoms with Crippen molar-refractivity contribution in [3.63, 3.8) is 0 Å². The molecule has 0 fully saturated rings. The summed E-state index contributed by atoms with van der Waals surface area (Å²) in [4.78, 5) is 18.1. The molecule has 1 aromatic heterocycles. The molecule has 2 aromatic carbocycles. The van der Waals surface area contributed by atoms with Crippen molar-refractivity contribution in [2.24, 2.45) is 0 Å². The van der Waals surface area contributed by atoms with Gasteiger partial charge in [0.15, 0.2) is 5.13 Å². The Morgan fingerprint density at radius 1 is 1.07 bits per heavy atom. The summed E-state index contributed by atoms with van der Waals surface area (Å²) >= 11 is 1.21. The van der Waals surface area contributed by atoms with Crippen LogP contribution in [-0.4, -0.2) is 25.9 Å². The SMILES string of the molecule is Cc1ccc(N2CC(Nc3ccc(S(=O)(=O)Nc4nccs4)cc3)=CC2=O)cc1. The van der Waals surface area contributed by atoms with E-state index in [1.54, 1.807) is 28.5 Å². The van der Waals surface area contributed by atoms with Gasteiger partial charge in [-0.3, -0.25) is 9.52 Å². The Bertz CT molecular complexity index is 1150. The minimum Gasteiger partial charge on any atom is -0.357 e. The second-order valence-corrected chi connectivity index (χ2v) is 9.10. The molecular formula is C20H18N4O3S2. The van der Waals surface area contributed by atoms with Gasteiger partial charge < -0.3 is 10.2 Å². The minimum atomic E-state index is -3.69. The topological polar surface area (TPSA) is 91.4 Å². The number of amides is 1. The summed E-state index contributed by atoms with van der Waals surface area (Å²) < 4.78 is 27.2. The van der Waals surface area contributed by atoms with E-state index in [9.17, 15) is 13.2 Å². The molecule has 9 heteroatoms. The molecule has 0 unspecified atom stereocenters. The molecule has 4 rings (SSSR count). The van der Waals surface area contributed by atoms with Gasteiger partial charge in [-0.05, 0) is 43.3 Å². The van der Waals surface area contributed by atoms with Crippen molar-refractivity contribution in [1.82, 2.24) is 4.98 Å². The van der Waals surface area contributed by atoms with E-state index in [4.69, 9.17) is 0 Å². The fourth-order valence-electron chi connectivity index (χ4n) is 2.89. The van der Waals surface area contributed by atoms with Crippen molar-refractivity contribution in [3.8, 4) is 0 Å². The van der Waals surface area contributed by atoms with Gasteiger partial charge in [0.1, 0.15) is 0 Å². The van der Waals surface area contributed by atoms with E-state index < -0.39 is 10.0 Å². The molecule has 2 heterocycles. The number of thiazole rings is 1. The van der Waals surface area contributed by atoms with E-state index >= 15 is 0 Å². The van der Waals surface area contributed by atoms with Gasteiger partial charge in [0.2, 0.25) is 0 Å². The summed E-state index contributed by atoms with van der Waals surface area (Å²) in [5.74, 6) is -0.0943. The first-order chi connectivity index (χ1) is 13.9. The first-order valence-electron chi connectivity index (χ1n) is 8.79. The van der Waals surface area contributed by atoms with Crippen LogP contribution in [0.25, 0.3) is 0 Å². The molecule has 1 aliphatic rings. The fourth-order valence-corrected chi connectivity index (χ4v) is 4.68. The number of rotatable bonds is 6. The van der Waals surface area contributed by atoms with Crippen molar-refractivity contribution in [1.29, 1.82) is 0 Å². The standard InChI is InChI=1S/C20H18N4O3S2/c1-14-2-6-17(7-3-14)24-13-16(12-19(24)25)22-15-4-8-18(9-5-15)29(26,27)23-20-21-10-11-28-20/h2-12,22H,13H2,1H3,(H,21,23). The summed E-state index contributed by atoms with van der Waals surface area (Å²) in [6.07, 6.45) is 3.08. The predicted molar refractivity (Wildman–Crippen MR) is 115 cm³/mol. The van der Waals surface area contributed by atoms with Gasteiger partial charge >= 0.3 is 0 Å². The van der Waals surface area contributed by atoms with Crippen molar-refractivity contribution in [2.75, 3.05) is 21.5 Å². The first-order valence-corrected chi connectivity index (χ1v) is 11.2. The van der Waals surface area contributed by atoms with Crippen LogP contribution in [0.4, 0.5) is 16.5 Å². The Hall–Kier alpha value is -3.17. The second kappa shape index (κ2) is 7.69. The van der Waals surface area contributed by atoms with Crippen molar-refractivity contribution in [2.45, 2.75) is 11.8 Å². The lowest BCUT2D eigenvalue weighted by Gasteiger charge is -2.17. The molecule has 0 saturated carbocycles. The highest BCUT2D eigenvalue weighted by atomic mass is 32.2. The molecule has 1 aliphatic heterocycles. The average Bonchev–Trinajstić information content (AvgIpc) is 3.32. The van der Waals surface area contributed by atoms with Crippen LogP contribution in [0.15, 0.2) is 76.8 Å². The molecule has 148 valence electrons. The van der Waals surface area contributed by atoms with Crippen LogP contribution in [0.1, 0.15) is 5.56 Å². The normalized spacial score (nSPS) is 14.0. The second-order valence-electron chi connectivity index (χ2n) is 6.52. The highest BCUT2D eigenvalue weighted by molar-refractivity contribution is 7.93. The van der Waals surface area contributed by atoms with E-state index in [1.165, 1.54) is 29.7 Å². The number of aryl methyl sites for hydroxylation is 1. The Labute approximate surface area is 172 Å². The molecule has 0 radical (unpaired) electrons. The van der Waals surface area contributed by atoms with Gasteiger partial charge in [-0.1, -0.05) is 17.7 Å². The summed E-state index contributed by atoms with van der Waals surface area (Å²) in [5.41, 5.74) is 3.41. The Morgan fingerprint density at radius 3 is 2.45 bits per heavy atom. The summed E-state index contributed by atoms with van der Waals surface area (Å²) in [6, 6.07) is 14.1. The smallest absolute Gasteiger partial charge is 0.263 e. The monoisotopic (exact) mass is 426 g/mol. The molecule has 2 N–H and O–H groups in total. The largest absolute Gasteiger partial charge is 0.357 e. The van der Waals surface area contributed by atoms with Crippen molar-refractivity contribution in [3.05, 3.63) is 77.4 Å². The van der Waals surface area contributed by atoms with Gasteiger partial charge in [-0.25, -0.2) is 13.4 Å². The Morgan fingerprint density at radius 2 is 1.79 bits per heavy atom. The molecule has 3 aromatic rings. The van der Waals surface area contributed by atoms with E-state index in [0.717, 1.165) is 16.9 Å². The lowest BCUT2D eigenvalue weighted by molar-refractivity contribution is -0.113. The van der Waals surface area contributed by atoms with Crippen LogP contribution < -0.4 is 14.9 Å². The van der Waals surface area contributed by atoms with Crippen LogP contribution in [0.2, 0.25) is 0 Å². The number of benzene rings is 2. The zero-order valence-corrected chi connectivity index (χ0v) is 17.1. The van der Waals surface area contributed by atoms with Crippen LogP contribution in [-0.2, 0) is 14.8 Å². The molecule has 0 bridgehead atoms. The molecule has 29 heavy (non-hydrogen) atoms. The molecule has 7 nitrogen and oxygen atoms in total. The lowest BCUT2D eigenvalue weighted by atomic mass is 10.2. The molecule has 0 aliphatic carbocycles. The van der Waals surface area contributed by atoms with Crippen molar-refractivity contribution < 1.29 is 13.2 Å². The number of hydrogen-bond acceptors (Lipinski definition) is 6. The van der Waals surface area contributed by atoms with E-state index in [-0.39, 0.29) is 10.8 Å². The molecular weight excluding hydrogens is 408 g/mol. The summed E-state index contributed by atoms with van der Waals surface area (Å²) in [5, 5.41) is 5.19. The average molecular weight is 427 g/mol. The molecule has 0 spiro atoms. The maximum Gasteiger partial charge on any atom is 0.263 e. The highest BCUT2D eigenvalue weighted by Crippen LogP contribution is 2.24. The zero-order chi connectivity index (χ0) is 20.4. The molecule has 0 saturated heterocycles. The van der Waals surface area contributed by atoms with E-state index in [2.05, 4.69) is 15.0 Å². The summed E-state index contributed by atoms with van der Waals surface area (Å²) in [6.45, 7) is 2.42. The Balaban J connectivity index is 1.43. The number of hydrogen-bond donors (Lipinski definition) is 2. The van der Waals surface area contributed by atoms with Crippen LogP contribution in [0, 0.1) is 6.92 Å². The van der Waals surface area contributed by atoms with E-state index in [1.807, 2.05) is 31.2 Å². The number of carbonyl (C=O) groups is 1. The first kappa shape index (κ1) is 19.2. The Kier molecular flexibility index (Phi) is 5.08. The number of nitrogens with zero attached hydrogens (tertiary/aromatic N) is 2. The fraction of sp³-hybridized carbons (Fsp3) is 0.100. The lowest BCUT2D eigenvalue weighted by Crippen LogP contribution is -2.25. The summed E-state index contributed by atoms with van der Waals surface area (Å²) in [7, 11) is -3.69. The van der Waals surface area contributed by atoms with Crippen molar-refractivity contribution >= 4 is 43.8 Å². The van der Waals surface area contributed by atoms with Gasteiger partial charge in [0.05, 0.1) is 11.4 Å². The third-order valence-electron chi connectivity index (χ3n) is 4.36. The van der Waals surface area contributed by atoms with Gasteiger partial charge in [-0.15, -0.1) is 11.3 Å². The third kappa shape index (κ3) is 4.30. The van der Waals surface area contributed by atoms with Gasteiger partial charge in [0, 0.05) is 34.7 Å². The number of aromatic nitrogens is 1. The van der Waals surface area contributed by atoms with E-state index in [0.29, 0.717) is 17.4 Å². The van der Waals surface area contributed by atoms with Gasteiger partial charge in [0.25, 0.3) is 15.9 Å². The maximum absolute atomic E-state index is 12.4. The van der Waals surface area contributed by atoms with Gasteiger partial charge in [-0.2, -0.15) is 0 Å². The minimum absolute atomic E-state index is 0.0943. The van der Waals surface area contributed by atoms with Crippen LogP contribution >= 0.6 is 11.3 Å². The number of carbonyl (C=O) groups excluding carboxylic acids is 1. The molecule has 1 amide bonds. The maximum atomic E-state index is 12.4. The third-order valence-corrected chi connectivity index (χ3v) is 6.53. The number of sulfonamides is 1. The molecule has 0 atom stereocenters. The number of anilines is 3.